The molecule has 0 bridgehead atoms. The first-order valence-corrected chi connectivity index (χ1v) is 11.1. The topological polar surface area (TPSA) is 93.4 Å². The highest BCUT2D eigenvalue weighted by molar-refractivity contribution is 6.03. The maximum Gasteiger partial charge on any atom is 0.416 e. The highest BCUT2D eigenvalue weighted by Crippen LogP contribution is 2.33. The fourth-order valence-electron chi connectivity index (χ4n) is 3.51. The molecule has 2 aromatic carbocycles. The van der Waals surface area contributed by atoms with Crippen LogP contribution in [0, 0.1) is 0 Å². The van der Waals surface area contributed by atoms with Crippen molar-refractivity contribution in [2.45, 2.75) is 12.8 Å². The van der Waals surface area contributed by atoms with Crippen LogP contribution in [-0.4, -0.2) is 25.5 Å². The summed E-state index contributed by atoms with van der Waals surface area (Å²) in [6.07, 6.45) is -1.76. The van der Waals surface area contributed by atoms with Gasteiger partial charge in [0.05, 0.1) is 11.1 Å². The van der Waals surface area contributed by atoms with Gasteiger partial charge in [0.15, 0.2) is 5.65 Å². The van der Waals surface area contributed by atoms with Gasteiger partial charge in [-0.3, -0.25) is 15.1 Å². The number of hydrogen-bond acceptors (Lipinski definition) is 6. The highest BCUT2D eigenvalue weighted by atomic mass is 19.4. The summed E-state index contributed by atoms with van der Waals surface area (Å²) in [7, 11) is 0. The maximum atomic E-state index is 13.6. The molecule has 0 fully saturated rings. The molecule has 186 valence electrons. The van der Waals surface area contributed by atoms with Gasteiger partial charge in [-0.2, -0.15) is 22.7 Å². The second-order valence-corrected chi connectivity index (χ2v) is 7.96. The van der Waals surface area contributed by atoms with Crippen molar-refractivity contribution in [3.8, 4) is 5.75 Å². The number of carbonyl (C=O) groups is 1. The lowest BCUT2D eigenvalue weighted by Gasteiger charge is -2.13. The van der Waals surface area contributed by atoms with Crippen LogP contribution in [0.4, 0.5) is 30.6 Å². The van der Waals surface area contributed by atoms with Crippen LogP contribution in [0.15, 0.2) is 91.3 Å². The number of aromatic nitrogens is 4. The first-order valence-electron chi connectivity index (χ1n) is 11.1. The Balaban J connectivity index is 1.43. The Bertz CT molecular complexity index is 1540. The molecule has 0 aliphatic heterocycles. The maximum absolute atomic E-state index is 13.6. The van der Waals surface area contributed by atoms with Crippen molar-refractivity contribution in [3.05, 3.63) is 108 Å². The van der Waals surface area contributed by atoms with Gasteiger partial charge in [0.25, 0.3) is 5.91 Å². The Morgan fingerprint density at radius 2 is 1.81 bits per heavy atom. The average Bonchev–Trinajstić information content (AvgIpc) is 3.31. The highest BCUT2D eigenvalue weighted by Gasteiger charge is 2.32. The predicted octanol–water partition coefficient (Wildman–Crippen LogP) is 5.72. The summed E-state index contributed by atoms with van der Waals surface area (Å²) in [5.41, 5.74) is 0.682. The standard InChI is InChI=1S/C26H19F3N6O2/c27-26(28,29)19-12-22(31-20-9-4-10-21(14-20)37-16-17-6-2-1-3-7-17)35-23(13-19)32-25(34-35)33-24(36)18-8-5-11-30-15-18/h1-15,31H,16H2,(H,33,34,36). The monoisotopic (exact) mass is 504 g/mol. The molecule has 0 aliphatic carbocycles. The Labute approximate surface area is 208 Å². The molecule has 0 saturated carbocycles. The van der Waals surface area contributed by atoms with Crippen LogP contribution in [0.25, 0.3) is 5.65 Å². The van der Waals surface area contributed by atoms with E-state index in [-0.39, 0.29) is 23.0 Å². The van der Waals surface area contributed by atoms with Crippen LogP contribution in [0.1, 0.15) is 21.5 Å². The van der Waals surface area contributed by atoms with E-state index in [9.17, 15) is 18.0 Å². The van der Waals surface area contributed by atoms with Gasteiger partial charge in [-0.1, -0.05) is 36.4 Å². The van der Waals surface area contributed by atoms with Gasteiger partial charge >= 0.3 is 6.18 Å². The van der Waals surface area contributed by atoms with Gasteiger partial charge in [0.1, 0.15) is 18.2 Å². The Kier molecular flexibility index (Phi) is 6.42. The van der Waals surface area contributed by atoms with E-state index >= 15 is 0 Å². The van der Waals surface area contributed by atoms with Gasteiger partial charge in [0.2, 0.25) is 5.95 Å². The van der Waals surface area contributed by atoms with Gasteiger partial charge in [0, 0.05) is 24.1 Å². The molecule has 1 amide bonds. The number of anilines is 3. The van der Waals surface area contributed by atoms with E-state index in [0.717, 1.165) is 17.7 Å². The number of fused-ring (bicyclic) bond motifs is 1. The number of nitrogens with one attached hydrogen (secondary N) is 2. The molecule has 11 heteroatoms. The summed E-state index contributed by atoms with van der Waals surface area (Å²) in [6, 6.07) is 21.3. The number of alkyl halides is 3. The molecule has 0 aliphatic rings. The largest absolute Gasteiger partial charge is 0.489 e. The summed E-state index contributed by atoms with van der Waals surface area (Å²) in [4.78, 5) is 20.4. The second kappa shape index (κ2) is 9.97. The zero-order valence-electron chi connectivity index (χ0n) is 19.1. The predicted molar refractivity (Wildman–Crippen MR) is 131 cm³/mol. The average molecular weight is 504 g/mol. The van der Waals surface area contributed by atoms with E-state index in [1.54, 1.807) is 36.4 Å². The molecule has 5 aromatic rings. The van der Waals surface area contributed by atoms with Crippen LogP contribution in [0.5, 0.6) is 5.75 Å². The number of nitrogens with zero attached hydrogens (tertiary/aromatic N) is 4. The summed E-state index contributed by atoms with van der Waals surface area (Å²) in [5, 5.41) is 9.63. The third-order valence-corrected chi connectivity index (χ3v) is 5.27. The lowest BCUT2D eigenvalue weighted by molar-refractivity contribution is -0.137. The Morgan fingerprint density at radius 1 is 0.973 bits per heavy atom. The first-order chi connectivity index (χ1) is 17.8. The summed E-state index contributed by atoms with van der Waals surface area (Å²) < 4.78 is 47.9. The zero-order chi connectivity index (χ0) is 25.8. The molecule has 0 atom stereocenters. The fraction of sp³-hybridized carbons (Fsp3) is 0.0769. The minimum absolute atomic E-state index is 0.000545. The lowest BCUT2D eigenvalue weighted by Crippen LogP contribution is -2.13. The number of rotatable bonds is 7. The van der Waals surface area contributed by atoms with Crippen molar-refractivity contribution in [3.63, 3.8) is 0 Å². The number of halogens is 3. The number of hydrogen-bond donors (Lipinski definition) is 2. The molecule has 0 radical (unpaired) electrons. The number of benzene rings is 2. The molecule has 0 saturated heterocycles. The molecular weight excluding hydrogens is 485 g/mol. The van der Waals surface area contributed by atoms with Crippen molar-refractivity contribution in [1.82, 2.24) is 19.6 Å². The SMILES string of the molecule is O=C(Nc1nc2cc(C(F)(F)F)cc(Nc3cccc(OCc4ccccc4)c3)n2n1)c1cccnc1. The van der Waals surface area contributed by atoms with Gasteiger partial charge < -0.3 is 10.1 Å². The molecule has 3 heterocycles. The lowest BCUT2D eigenvalue weighted by atomic mass is 10.2. The number of pyridine rings is 2. The Hall–Kier alpha value is -4.93. The van der Waals surface area contributed by atoms with E-state index < -0.39 is 17.6 Å². The minimum Gasteiger partial charge on any atom is -0.489 e. The molecule has 0 spiro atoms. The molecule has 3 aromatic heterocycles. The molecule has 0 unspecified atom stereocenters. The van der Waals surface area contributed by atoms with Gasteiger partial charge in [-0.05, 0) is 42.0 Å². The zero-order valence-corrected chi connectivity index (χ0v) is 19.1. The normalized spacial score (nSPS) is 11.3. The van der Waals surface area contributed by atoms with Crippen LogP contribution in [0.3, 0.4) is 0 Å². The third-order valence-electron chi connectivity index (χ3n) is 5.27. The number of carbonyl (C=O) groups excluding carboxylic acids is 1. The number of amides is 1. The van der Waals surface area contributed by atoms with Crippen LogP contribution < -0.4 is 15.4 Å². The van der Waals surface area contributed by atoms with Crippen LogP contribution in [0.2, 0.25) is 0 Å². The second-order valence-electron chi connectivity index (χ2n) is 7.96. The Morgan fingerprint density at radius 3 is 2.57 bits per heavy atom. The van der Waals surface area contributed by atoms with Crippen LogP contribution in [-0.2, 0) is 12.8 Å². The van der Waals surface area contributed by atoms with E-state index in [4.69, 9.17) is 4.74 Å². The fourth-order valence-corrected chi connectivity index (χ4v) is 3.51. The molecular formula is C26H19F3N6O2. The van der Waals surface area contributed by atoms with E-state index in [1.807, 2.05) is 30.3 Å². The smallest absolute Gasteiger partial charge is 0.416 e. The van der Waals surface area contributed by atoms with Crippen molar-refractivity contribution >= 4 is 29.0 Å². The molecule has 37 heavy (non-hydrogen) atoms. The van der Waals surface area contributed by atoms with Crippen LogP contribution >= 0.6 is 0 Å². The van der Waals surface area contributed by atoms with E-state index in [2.05, 4.69) is 25.7 Å². The summed E-state index contributed by atoms with van der Waals surface area (Å²) in [5.74, 6) is -0.173. The van der Waals surface area contributed by atoms with Crippen molar-refractivity contribution < 1.29 is 22.7 Å². The molecule has 5 rings (SSSR count). The quantitative estimate of drug-likeness (QED) is 0.295. The summed E-state index contributed by atoms with van der Waals surface area (Å²) >= 11 is 0. The minimum atomic E-state index is -4.62. The van der Waals surface area contributed by atoms with E-state index in [1.165, 1.54) is 16.9 Å². The van der Waals surface area contributed by atoms with Crippen molar-refractivity contribution in [2.75, 3.05) is 10.6 Å². The molecule has 2 N–H and O–H groups in total. The first kappa shape index (κ1) is 23.8. The van der Waals surface area contributed by atoms with Crippen molar-refractivity contribution in [1.29, 1.82) is 0 Å². The van der Waals surface area contributed by atoms with Crippen molar-refractivity contribution in [2.24, 2.45) is 0 Å². The number of ether oxygens (including phenoxy) is 1. The van der Waals surface area contributed by atoms with Gasteiger partial charge in [-0.15, -0.1) is 5.10 Å². The third kappa shape index (κ3) is 5.67. The molecule has 8 nitrogen and oxygen atoms in total. The van der Waals surface area contributed by atoms with E-state index in [0.29, 0.717) is 18.0 Å². The van der Waals surface area contributed by atoms with Gasteiger partial charge in [-0.25, -0.2) is 0 Å². The summed E-state index contributed by atoms with van der Waals surface area (Å²) in [6.45, 7) is 0.334.